The van der Waals surface area contributed by atoms with Crippen LogP contribution in [0.25, 0.3) is 22.5 Å². The average molecular weight is 946 g/mol. The summed E-state index contributed by atoms with van der Waals surface area (Å²) in [4.78, 5) is 93.0. The topological polar surface area (TPSA) is 286 Å². The Balaban J connectivity index is 1.58. The van der Waals surface area contributed by atoms with Crippen molar-refractivity contribution in [1.82, 2.24) is 41.5 Å². The van der Waals surface area contributed by atoms with Crippen LogP contribution in [0.1, 0.15) is 85.5 Å². The van der Waals surface area contributed by atoms with E-state index in [4.69, 9.17) is 20.9 Å². The van der Waals surface area contributed by atoms with Crippen molar-refractivity contribution in [2.45, 2.75) is 90.9 Å². The van der Waals surface area contributed by atoms with Crippen LogP contribution in [0.2, 0.25) is 0 Å². The van der Waals surface area contributed by atoms with E-state index in [1.807, 2.05) is 30.3 Å². The van der Waals surface area contributed by atoms with Gasteiger partial charge in [0.15, 0.2) is 5.82 Å². The van der Waals surface area contributed by atoms with Gasteiger partial charge in [-0.25, -0.2) is 9.97 Å². The molecule has 4 atom stereocenters. The molecule has 0 fully saturated rings. The zero-order chi connectivity index (χ0) is 50.6. The van der Waals surface area contributed by atoms with E-state index < -0.39 is 53.7 Å². The molecule has 0 aliphatic carbocycles. The summed E-state index contributed by atoms with van der Waals surface area (Å²) >= 11 is 0. The number of carbonyl (C=O) groups is 6. The van der Waals surface area contributed by atoms with Gasteiger partial charge in [0.1, 0.15) is 55.4 Å². The van der Waals surface area contributed by atoms with Gasteiger partial charge in [-0.15, -0.1) is 0 Å². The fraction of sp³-hybridized carbons (Fsp3) is 0.420. The summed E-state index contributed by atoms with van der Waals surface area (Å²) in [5.74, 6) is -2.57. The van der Waals surface area contributed by atoms with E-state index in [2.05, 4.69) is 57.3 Å². The molecule has 5 rings (SSSR count). The van der Waals surface area contributed by atoms with E-state index in [0.717, 1.165) is 11.1 Å². The summed E-state index contributed by atoms with van der Waals surface area (Å²) in [7, 11) is 1.40. The molecule has 0 saturated carbocycles. The van der Waals surface area contributed by atoms with Gasteiger partial charge >= 0.3 is 0 Å². The van der Waals surface area contributed by atoms with Gasteiger partial charge in [0.2, 0.25) is 29.5 Å². The molecular weight excluding hydrogens is 883 g/mol. The average Bonchev–Trinajstić information content (AvgIpc) is 3.30. The third-order valence-corrected chi connectivity index (χ3v) is 11.5. The van der Waals surface area contributed by atoms with Crippen LogP contribution in [0.5, 0.6) is 11.5 Å². The Kier molecular flexibility index (Phi) is 17.9. The Morgan fingerprint density at radius 1 is 0.884 bits per heavy atom. The smallest absolute Gasteiger partial charge is 0.255 e. The molecule has 2 heterocycles. The lowest BCUT2D eigenvalue weighted by molar-refractivity contribution is -0.141. The molecule has 0 radical (unpaired) electrons. The third kappa shape index (κ3) is 13.4. The van der Waals surface area contributed by atoms with Crippen molar-refractivity contribution in [2.75, 3.05) is 46.4 Å². The number of ether oxygens (including phenoxy) is 2. The number of nitrogens with zero attached hydrogens (tertiary/aromatic N) is 4. The Morgan fingerprint density at radius 3 is 2.13 bits per heavy atom. The van der Waals surface area contributed by atoms with E-state index in [0.29, 0.717) is 45.4 Å². The van der Waals surface area contributed by atoms with E-state index in [-0.39, 0.29) is 74.7 Å². The van der Waals surface area contributed by atoms with Crippen molar-refractivity contribution in [3.63, 3.8) is 0 Å². The quantitative estimate of drug-likeness (QED) is 0.0629. The number of rotatable bonds is 16. The fourth-order valence-electron chi connectivity index (χ4n) is 7.87. The number of aromatic nitrogens is 2. The number of likely N-dealkylation sites (N-methyl/N-ethyl adjacent to an activating group) is 1. The Morgan fingerprint density at radius 2 is 1.52 bits per heavy atom. The van der Waals surface area contributed by atoms with Crippen LogP contribution in [-0.2, 0) is 35.8 Å². The van der Waals surface area contributed by atoms with E-state index in [9.17, 15) is 34.0 Å². The summed E-state index contributed by atoms with van der Waals surface area (Å²) < 4.78 is 12.3. The second-order valence-electron chi connectivity index (χ2n) is 17.8. The molecule has 4 bridgehead atoms. The first-order chi connectivity index (χ1) is 32.8. The number of nitrogens with one attached hydrogen (secondary N) is 5. The molecule has 19 nitrogen and oxygen atoms in total. The van der Waals surface area contributed by atoms with Gasteiger partial charge in [-0.3, -0.25) is 28.8 Å². The summed E-state index contributed by atoms with van der Waals surface area (Å²) in [6.07, 6.45) is -0.0476. The fourth-order valence-corrected chi connectivity index (χ4v) is 7.87. The maximum absolute atomic E-state index is 14.8. The molecule has 19 heteroatoms. The minimum absolute atomic E-state index is 0.0158. The van der Waals surface area contributed by atoms with Gasteiger partial charge in [0.25, 0.3) is 5.91 Å². The molecule has 3 aromatic carbocycles. The molecule has 4 aromatic rings. The molecule has 1 aromatic heterocycles. The number of nitrogens with two attached hydrogens (primary N) is 2. The normalized spacial score (nSPS) is 16.3. The van der Waals surface area contributed by atoms with Gasteiger partial charge in [0, 0.05) is 43.6 Å². The second-order valence-corrected chi connectivity index (χ2v) is 17.8. The number of fused-ring (bicyclic) bond motifs is 5. The van der Waals surface area contributed by atoms with Crippen LogP contribution in [0.4, 0.5) is 0 Å². The van der Waals surface area contributed by atoms with E-state index in [1.165, 1.54) is 25.8 Å². The predicted octanol–water partition coefficient (Wildman–Crippen LogP) is 2.41. The predicted molar refractivity (Wildman–Crippen MR) is 259 cm³/mol. The number of amides is 6. The summed E-state index contributed by atoms with van der Waals surface area (Å²) in [6.45, 7) is 12.7. The molecular formula is C50H63N11O8. The van der Waals surface area contributed by atoms with Crippen molar-refractivity contribution in [2.24, 2.45) is 11.5 Å². The third-order valence-electron chi connectivity index (χ3n) is 11.5. The van der Waals surface area contributed by atoms with Crippen LogP contribution in [0.3, 0.4) is 0 Å². The second kappa shape index (κ2) is 23.5. The zero-order valence-electron chi connectivity index (χ0n) is 40.4. The lowest BCUT2D eigenvalue weighted by atomic mass is 9.86. The number of nitriles is 1. The van der Waals surface area contributed by atoms with Gasteiger partial charge in [-0.2, -0.15) is 5.26 Å². The largest absolute Gasteiger partial charge is 0.492 e. The molecule has 0 spiro atoms. The minimum atomic E-state index is -1.44. The first kappa shape index (κ1) is 52.5. The van der Waals surface area contributed by atoms with Crippen LogP contribution in [0, 0.1) is 25.2 Å². The number of hydrogen-bond donors (Lipinski definition) is 7. The number of aryl methyl sites for hydroxylation is 2. The maximum Gasteiger partial charge on any atom is 0.255 e. The summed E-state index contributed by atoms with van der Waals surface area (Å²) in [6, 6.07) is 14.7. The zero-order valence-corrected chi connectivity index (χ0v) is 40.4. The molecule has 1 aliphatic heterocycles. The lowest BCUT2D eigenvalue weighted by Crippen LogP contribution is -2.56. The highest BCUT2D eigenvalue weighted by atomic mass is 16.5. The van der Waals surface area contributed by atoms with Crippen molar-refractivity contribution < 1.29 is 38.2 Å². The van der Waals surface area contributed by atoms with Crippen LogP contribution < -0.4 is 47.5 Å². The van der Waals surface area contributed by atoms with Crippen LogP contribution in [-0.4, -0.2) is 115 Å². The highest BCUT2D eigenvalue weighted by Crippen LogP contribution is 2.40. The van der Waals surface area contributed by atoms with Crippen molar-refractivity contribution in [1.29, 1.82) is 5.26 Å². The van der Waals surface area contributed by atoms with Crippen molar-refractivity contribution in [3.8, 4) is 40.1 Å². The van der Waals surface area contributed by atoms with Crippen LogP contribution in [0.15, 0.2) is 60.7 Å². The van der Waals surface area contributed by atoms with Gasteiger partial charge in [0.05, 0.1) is 29.6 Å². The van der Waals surface area contributed by atoms with Crippen molar-refractivity contribution in [3.05, 3.63) is 94.3 Å². The Labute approximate surface area is 402 Å². The Bertz CT molecular complexity index is 2570. The molecule has 69 heavy (non-hydrogen) atoms. The first-order valence-electron chi connectivity index (χ1n) is 22.7. The standard InChI is InChI=1S/C50H63N11O8/c1-28-42(29(2)57-44(56-28)33-10-13-35(14-11-33)50(5,6)7)47(65)59-38(17-18-51)49(67)61(8)43-34-12-16-41(68-23-20-53)37(27-34)36-25-32(9-15-40(36)69-24-22-54-31(4)62)26-39(46(64)55-21-19-52)60-45(63)30(3)58-48(43)66/h9-16,25,27,30,38-39,43H,17-18,20-24,26,51,53H2,1-8H3,(H,54,62)(H,55,64)(H,58,66)(H,59,65)(H,60,63). The van der Waals surface area contributed by atoms with Gasteiger partial charge in [-0.1, -0.05) is 57.2 Å². The first-order valence-corrected chi connectivity index (χ1v) is 22.7. The monoisotopic (exact) mass is 945 g/mol. The van der Waals surface area contributed by atoms with E-state index >= 15 is 0 Å². The molecule has 6 amide bonds. The highest BCUT2D eigenvalue weighted by molar-refractivity contribution is 6.00. The van der Waals surface area contributed by atoms with Gasteiger partial charge < -0.3 is 52.4 Å². The molecule has 1 aliphatic rings. The SMILES string of the molecule is CC(=O)NCCOc1ccc2cc1-c1cc(ccc1OCCN)C(N(C)C(=O)C(CCN)NC(=O)c1c(C)nc(-c3ccc(C(C)(C)C)cc3)nc1C)C(=O)NC(C)C(=O)NC(C(=O)NCC#N)C2. The van der Waals surface area contributed by atoms with E-state index in [1.54, 1.807) is 50.2 Å². The molecule has 0 saturated heterocycles. The number of benzene rings is 3. The van der Waals surface area contributed by atoms with Crippen LogP contribution >= 0.6 is 0 Å². The van der Waals surface area contributed by atoms with Gasteiger partial charge in [-0.05, 0) is 80.1 Å². The lowest BCUT2D eigenvalue weighted by Gasteiger charge is -2.32. The maximum atomic E-state index is 14.8. The molecule has 9 N–H and O–H groups in total. The molecule has 366 valence electrons. The number of carbonyl (C=O) groups excluding carboxylic acids is 6. The summed E-state index contributed by atoms with van der Waals surface area (Å²) in [5, 5.41) is 22.6. The molecule has 4 unspecified atom stereocenters. The number of hydrogen-bond acceptors (Lipinski definition) is 13. The summed E-state index contributed by atoms with van der Waals surface area (Å²) in [5.41, 5.74) is 16.4. The Hall–Kier alpha value is -7.43. The van der Waals surface area contributed by atoms with Crippen molar-refractivity contribution >= 4 is 35.4 Å². The highest BCUT2D eigenvalue weighted by Gasteiger charge is 2.36. The minimum Gasteiger partial charge on any atom is -0.492 e.